The smallest absolute Gasteiger partial charge is 0.170 e. The second kappa shape index (κ2) is 9.27. The van der Waals surface area contributed by atoms with Crippen LogP contribution in [0.15, 0.2) is 79.3 Å². The van der Waals surface area contributed by atoms with Gasteiger partial charge < -0.3 is 19.5 Å². The van der Waals surface area contributed by atoms with Crippen LogP contribution in [0.5, 0.6) is 5.75 Å². The molecule has 2 atom stereocenters. The van der Waals surface area contributed by atoms with E-state index in [2.05, 4.69) is 68.9 Å². The first-order valence-electron chi connectivity index (χ1n) is 11.3. The molecule has 5 rings (SSSR count). The summed E-state index contributed by atoms with van der Waals surface area (Å²) in [7, 11) is 1.69. The SMILES string of the molecule is COc1cccc(-n2c(C)cc([C@H]3[C@@H](c4ccccn4)NC(=S)N3Cc3cccnc3)c2C)c1. The summed E-state index contributed by atoms with van der Waals surface area (Å²) in [5.41, 5.74) is 6.68. The molecule has 1 N–H and O–H groups in total. The van der Waals surface area contributed by atoms with Crippen LogP contribution in [0.1, 0.15) is 40.3 Å². The second-order valence-electron chi connectivity index (χ2n) is 8.48. The Bertz CT molecular complexity index is 1310. The summed E-state index contributed by atoms with van der Waals surface area (Å²) in [6.45, 7) is 4.97. The van der Waals surface area contributed by atoms with Gasteiger partial charge in [-0.3, -0.25) is 9.97 Å². The fourth-order valence-corrected chi connectivity index (χ4v) is 5.14. The lowest BCUT2D eigenvalue weighted by Gasteiger charge is -2.28. The third kappa shape index (κ3) is 4.03. The van der Waals surface area contributed by atoms with E-state index in [9.17, 15) is 0 Å². The van der Waals surface area contributed by atoms with Gasteiger partial charge in [-0.25, -0.2) is 0 Å². The quantitative estimate of drug-likeness (QED) is 0.398. The van der Waals surface area contributed by atoms with Crippen LogP contribution < -0.4 is 10.1 Å². The number of pyridine rings is 2. The molecule has 0 unspecified atom stereocenters. The highest BCUT2D eigenvalue weighted by atomic mass is 32.1. The van der Waals surface area contributed by atoms with Crippen molar-refractivity contribution >= 4 is 17.3 Å². The first-order valence-corrected chi connectivity index (χ1v) is 11.7. The van der Waals surface area contributed by atoms with Crippen LogP contribution in [0.4, 0.5) is 0 Å². The molecule has 0 bridgehead atoms. The molecule has 0 aliphatic carbocycles. The van der Waals surface area contributed by atoms with Crippen LogP contribution >= 0.6 is 12.2 Å². The van der Waals surface area contributed by atoms with Gasteiger partial charge in [0.15, 0.2) is 5.11 Å². The normalized spacial score (nSPS) is 17.6. The lowest BCUT2D eigenvalue weighted by Crippen LogP contribution is -2.29. The molecule has 4 aromatic rings. The van der Waals surface area contributed by atoms with Crippen LogP contribution in [0.2, 0.25) is 0 Å². The van der Waals surface area contributed by atoms with Gasteiger partial charge >= 0.3 is 0 Å². The van der Waals surface area contributed by atoms with Gasteiger partial charge in [-0.05, 0) is 73.6 Å². The number of thiocarbonyl (C=S) groups is 1. The third-order valence-corrected chi connectivity index (χ3v) is 6.73. The minimum Gasteiger partial charge on any atom is -0.497 e. The van der Waals surface area contributed by atoms with E-state index in [1.165, 1.54) is 11.3 Å². The first kappa shape index (κ1) is 22.1. The Kier molecular flexibility index (Phi) is 6.02. The molecular weight excluding hydrogens is 442 g/mol. The molecule has 1 aliphatic rings. The van der Waals surface area contributed by atoms with Gasteiger partial charge in [-0.15, -0.1) is 0 Å². The van der Waals surface area contributed by atoms with Crippen molar-refractivity contribution in [1.82, 2.24) is 24.8 Å². The van der Waals surface area contributed by atoms with Gasteiger partial charge in [0.25, 0.3) is 0 Å². The van der Waals surface area contributed by atoms with Gasteiger partial charge in [-0.1, -0.05) is 18.2 Å². The Morgan fingerprint density at radius 1 is 1.03 bits per heavy atom. The topological polar surface area (TPSA) is 55.2 Å². The van der Waals surface area contributed by atoms with Gasteiger partial charge in [0.05, 0.1) is 24.9 Å². The zero-order valence-corrected chi connectivity index (χ0v) is 20.3. The molecule has 1 aliphatic heterocycles. The summed E-state index contributed by atoms with van der Waals surface area (Å²) >= 11 is 5.85. The van der Waals surface area contributed by atoms with Gasteiger partial charge in [-0.2, -0.15) is 0 Å². The minimum atomic E-state index is -0.0652. The number of aromatic nitrogens is 3. The lowest BCUT2D eigenvalue weighted by molar-refractivity contribution is 0.310. The molecule has 0 saturated carbocycles. The molecule has 6 nitrogen and oxygen atoms in total. The van der Waals surface area contributed by atoms with Gasteiger partial charge in [0.1, 0.15) is 5.75 Å². The minimum absolute atomic E-state index is 0.0202. The molecule has 1 saturated heterocycles. The third-order valence-electron chi connectivity index (χ3n) is 6.37. The standard InChI is InChI=1S/C27H27N5OS/c1-18-14-23(19(2)32(18)21-9-6-10-22(15-21)33-3)26-25(24-11-4-5-13-29-24)30-27(34)31(26)17-20-8-7-12-28-16-20/h4-16,25-26H,17H2,1-3H3,(H,30,34)/t25-,26+/m1/s1. The number of aryl methyl sites for hydroxylation is 1. The molecule has 3 aromatic heterocycles. The predicted molar refractivity (Wildman–Crippen MR) is 137 cm³/mol. The van der Waals surface area contributed by atoms with E-state index in [1.807, 2.05) is 42.7 Å². The van der Waals surface area contributed by atoms with Crippen molar-refractivity contribution in [2.24, 2.45) is 0 Å². The van der Waals surface area contributed by atoms with Crippen molar-refractivity contribution < 1.29 is 4.74 Å². The second-order valence-corrected chi connectivity index (χ2v) is 8.87. The average Bonchev–Trinajstić information content (AvgIpc) is 3.35. The average molecular weight is 470 g/mol. The number of nitrogens with one attached hydrogen (secondary N) is 1. The maximum Gasteiger partial charge on any atom is 0.170 e. The zero-order valence-electron chi connectivity index (χ0n) is 19.5. The van der Waals surface area contributed by atoms with E-state index in [0.29, 0.717) is 6.54 Å². The fraction of sp³-hybridized carbons (Fsp3) is 0.222. The predicted octanol–water partition coefficient (Wildman–Crippen LogP) is 5.07. The summed E-state index contributed by atoms with van der Waals surface area (Å²) in [5.74, 6) is 0.833. The summed E-state index contributed by atoms with van der Waals surface area (Å²) in [5, 5.41) is 4.27. The maximum atomic E-state index is 5.85. The Hall–Kier alpha value is -3.71. The highest BCUT2D eigenvalue weighted by molar-refractivity contribution is 7.80. The fourth-order valence-electron chi connectivity index (χ4n) is 4.84. The summed E-state index contributed by atoms with van der Waals surface area (Å²) in [4.78, 5) is 11.2. The molecule has 172 valence electrons. The van der Waals surface area contributed by atoms with Crippen LogP contribution in [0.3, 0.4) is 0 Å². The monoisotopic (exact) mass is 469 g/mol. The van der Waals surface area contributed by atoms with Crippen LogP contribution in [-0.4, -0.2) is 31.7 Å². The number of hydrogen-bond acceptors (Lipinski definition) is 4. The Balaban J connectivity index is 1.62. The molecule has 34 heavy (non-hydrogen) atoms. The summed E-state index contributed by atoms with van der Waals surface area (Å²) in [6, 6.07) is 20.4. The van der Waals surface area contributed by atoms with Crippen molar-refractivity contribution in [2.75, 3.05) is 7.11 Å². The van der Waals surface area contributed by atoms with Crippen molar-refractivity contribution in [3.05, 3.63) is 107 Å². The molecule has 1 aromatic carbocycles. The molecule has 0 spiro atoms. The lowest BCUT2D eigenvalue weighted by atomic mass is 9.96. The van der Waals surface area contributed by atoms with Gasteiger partial charge in [0.2, 0.25) is 0 Å². The van der Waals surface area contributed by atoms with Crippen LogP contribution in [0, 0.1) is 13.8 Å². The van der Waals surface area contributed by atoms with E-state index < -0.39 is 0 Å². The number of hydrogen-bond donors (Lipinski definition) is 1. The number of benzene rings is 1. The molecule has 1 fully saturated rings. The highest BCUT2D eigenvalue weighted by Gasteiger charge is 2.41. The van der Waals surface area contributed by atoms with Crippen molar-refractivity contribution in [3.63, 3.8) is 0 Å². The van der Waals surface area contributed by atoms with Crippen molar-refractivity contribution in [3.8, 4) is 11.4 Å². The van der Waals surface area contributed by atoms with Crippen LogP contribution in [0.25, 0.3) is 5.69 Å². The number of nitrogens with zero attached hydrogens (tertiary/aromatic N) is 4. The van der Waals surface area contributed by atoms with E-state index in [0.717, 1.165) is 33.5 Å². The summed E-state index contributed by atoms with van der Waals surface area (Å²) in [6.07, 6.45) is 5.52. The van der Waals surface area contributed by atoms with E-state index in [4.69, 9.17) is 17.0 Å². The van der Waals surface area contributed by atoms with Crippen molar-refractivity contribution in [2.45, 2.75) is 32.5 Å². The Morgan fingerprint density at radius 3 is 2.65 bits per heavy atom. The number of ether oxygens (including phenoxy) is 1. The van der Waals surface area contributed by atoms with Crippen LogP contribution in [-0.2, 0) is 6.54 Å². The number of rotatable bonds is 6. The van der Waals surface area contributed by atoms with Gasteiger partial charge in [0, 0.05) is 48.3 Å². The first-order chi connectivity index (χ1) is 16.6. The number of methoxy groups -OCH3 is 1. The Labute approximate surface area is 205 Å². The molecule has 7 heteroatoms. The van der Waals surface area contributed by atoms with E-state index in [1.54, 1.807) is 13.3 Å². The Morgan fingerprint density at radius 2 is 1.91 bits per heavy atom. The largest absolute Gasteiger partial charge is 0.497 e. The molecule has 0 amide bonds. The maximum absolute atomic E-state index is 5.85. The summed E-state index contributed by atoms with van der Waals surface area (Å²) < 4.78 is 7.75. The zero-order chi connectivity index (χ0) is 23.7. The molecule has 4 heterocycles. The van der Waals surface area contributed by atoms with E-state index in [-0.39, 0.29) is 12.1 Å². The van der Waals surface area contributed by atoms with E-state index >= 15 is 0 Å². The molecule has 0 radical (unpaired) electrons. The van der Waals surface area contributed by atoms with Crippen molar-refractivity contribution in [1.29, 1.82) is 0 Å². The highest BCUT2D eigenvalue weighted by Crippen LogP contribution is 2.42. The molecular formula is C27H27N5OS.